The van der Waals surface area contributed by atoms with Gasteiger partial charge in [-0.2, -0.15) is 13.2 Å². The predicted octanol–water partition coefficient (Wildman–Crippen LogP) is 2.77. The van der Waals surface area contributed by atoms with Gasteiger partial charge in [0.25, 0.3) is 5.91 Å². The van der Waals surface area contributed by atoms with Crippen molar-refractivity contribution in [3.63, 3.8) is 0 Å². The topological polar surface area (TPSA) is 47.6 Å². The summed E-state index contributed by atoms with van der Waals surface area (Å²) in [7, 11) is 0. The molecule has 1 saturated heterocycles. The summed E-state index contributed by atoms with van der Waals surface area (Å²) in [5.41, 5.74) is -0.807. The first-order valence-electron chi connectivity index (χ1n) is 7.07. The van der Waals surface area contributed by atoms with Crippen molar-refractivity contribution in [2.24, 2.45) is 0 Å². The number of halogens is 3. The SMILES string of the molecule is CC(NC(=O)COc1cccc(C(F)(F)F)c1)C1CCCO1. The second-order valence-corrected chi connectivity index (χ2v) is 5.22. The Morgan fingerprint density at radius 2 is 2.27 bits per heavy atom. The minimum Gasteiger partial charge on any atom is -0.484 e. The summed E-state index contributed by atoms with van der Waals surface area (Å²) < 4.78 is 48.3. The lowest BCUT2D eigenvalue weighted by Gasteiger charge is -2.20. The maximum atomic E-state index is 12.6. The predicted molar refractivity (Wildman–Crippen MR) is 73.5 cm³/mol. The molecule has 1 heterocycles. The molecule has 1 aliphatic rings. The van der Waals surface area contributed by atoms with Crippen molar-refractivity contribution in [3.05, 3.63) is 29.8 Å². The standard InChI is InChI=1S/C15H18F3NO3/c1-10(13-6-3-7-21-13)19-14(20)9-22-12-5-2-4-11(8-12)15(16,17)18/h2,4-5,8,10,13H,3,6-7,9H2,1H3,(H,19,20). The second kappa shape index (κ2) is 7.00. The van der Waals surface area contributed by atoms with E-state index in [-0.39, 0.29) is 30.4 Å². The van der Waals surface area contributed by atoms with Crippen LogP contribution >= 0.6 is 0 Å². The van der Waals surface area contributed by atoms with Gasteiger partial charge in [-0.25, -0.2) is 0 Å². The fourth-order valence-electron chi connectivity index (χ4n) is 2.30. The van der Waals surface area contributed by atoms with Gasteiger partial charge in [0.1, 0.15) is 5.75 Å². The van der Waals surface area contributed by atoms with E-state index in [1.165, 1.54) is 12.1 Å². The van der Waals surface area contributed by atoms with Gasteiger partial charge in [0.2, 0.25) is 0 Å². The number of carbonyl (C=O) groups excluding carboxylic acids is 1. The molecule has 1 aliphatic heterocycles. The van der Waals surface area contributed by atoms with E-state index in [1.807, 2.05) is 6.92 Å². The van der Waals surface area contributed by atoms with Crippen LogP contribution in [0.5, 0.6) is 5.75 Å². The Kier molecular flexibility index (Phi) is 5.28. The van der Waals surface area contributed by atoms with E-state index in [9.17, 15) is 18.0 Å². The number of benzene rings is 1. The number of alkyl halides is 3. The molecule has 2 unspecified atom stereocenters. The first kappa shape index (κ1) is 16.6. The van der Waals surface area contributed by atoms with Crippen LogP contribution in [0.2, 0.25) is 0 Å². The van der Waals surface area contributed by atoms with Crippen molar-refractivity contribution in [3.8, 4) is 5.75 Å². The summed E-state index contributed by atoms with van der Waals surface area (Å²) >= 11 is 0. The highest BCUT2D eigenvalue weighted by molar-refractivity contribution is 5.77. The zero-order valence-electron chi connectivity index (χ0n) is 12.2. The maximum absolute atomic E-state index is 12.6. The average Bonchev–Trinajstić information content (AvgIpc) is 2.99. The molecular weight excluding hydrogens is 299 g/mol. The lowest BCUT2D eigenvalue weighted by molar-refractivity contribution is -0.137. The van der Waals surface area contributed by atoms with E-state index >= 15 is 0 Å². The maximum Gasteiger partial charge on any atom is 0.416 e. The Hall–Kier alpha value is -1.76. The lowest BCUT2D eigenvalue weighted by atomic mass is 10.1. The summed E-state index contributed by atoms with van der Waals surface area (Å²) in [6, 6.07) is 4.29. The molecule has 2 atom stereocenters. The summed E-state index contributed by atoms with van der Waals surface area (Å²) in [4.78, 5) is 11.8. The van der Waals surface area contributed by atoms with E-state index in [2.05, 4.69) is 5.32 Å². The Morgan fingerprint density at radius 1 is 1.50 bits per heavy atom. The summed E-state index contributed by atoms with van der Waals surface area (Å²) in [6.07, 6.45) is -2.60. The average molecular weight is 317 g/mol. The Bertz CT molecular complexity index is 513. The molecule has 1 aromatic rings. The van der Waals surface area contributed by atoms with Crippen LogP contribution in [-0.4, -0.2) is 31.3 Å². The molecule has 4 nitrogen and oxygen atoms in total. The van der Waals surface area contributed by atoms with E-state index < -0.39 is 11.7 Å². The van der Waals surface area contributed by atoms with Gasteiger partial charge in [-0.15, -0.1) is 0 Å². The number of ether oxygens (including phenoxy) is 2. The van der Waals surface area contributed by atoms with Crippen LogP contribution in [0.3, 0.4) is 0 Å². The van der Waals surface area contributed by atoms with Crippen molar-refractivity contribution in [1.29, 1.82) is 0 Å². The molecule has 1 fully saturated rings. The number of amides is 1. The Balaban J connectivity index is 1.83. The van der Waals surface area contributed by atoms with Crippen LogP contribution in [0, 0.1) is 0 Å². The molecule has 1 amide bonds. The molecule has 0 saturated carbocycles. The Morgan fingerprint density at radius 3 is 2.91 bits per heavy atom. The van der Waals surface area contributed by atoms with Crippen molar-refractivity contribution >= 4 is 5.91 Å². The molecule has 1 N–H and O–H groups in total. The molecule has 0 radical (unpaired) electrons. The third kappa shape index (κ3) is 4.62. The highest BCUT2D eigenvalue weighted by atomic mass is 19.4. The molecule has 122 valence electrons. The summed E-state index contributed by atoms with van der Waals surface area (Å²) in [5.74, 6) is -0.379. The van der Waals surface area contributed by atoms with Gasteiger partial charge >= 0.3 is 6.18 Å². The number of carbonyl (C=O) groups is 1. The van der Waals surface area contributed by atoms with Crippen LogP contribution in [0.25, 0.3) is 0 Å². The van der Waals surface area contributed by atoms with Crippen molar-refractivity contribution in [2.75, 3.05) is 13.2 Å². The van der Waals surface area contributed by atoms with Crippen molar-refractivity contribution in [2.45, 2.75) is 38.1 Å². The molecule has 0 aliphatic carbocycles. The highest BCUT2D eigenvalue weighted by Crippen LogP contribution is 2.31. The Labute approximate surface area is 126 Å². The third-order valence-corrected chi connectivity index (χ3v) is 3.44. The smallest absolute Gasteiger partial charge is 0.416 e. The molecule has 7 heteroatoms. The van der Waals surface area contributed by atoms with Gasteiger partial charge in [0.05, 0.1) is 17.7 Å². The molecular formula is C15H18F3NO3. The first-order valence-corrected chi connectivity index (χ1v) is 7.07. The fraction of sp³-hybridized carbons (Fsp3) is 0.533. The van der Waals surface area contributed by atoms with Gasteiger partial charge < -0.3 is 14.8 Å². The normalized spacial score (nSPS) is 19.7. The highest BCUT2D eigenvalue weighted by Gasteiger charge is 2.30. The summed E-state index contributed by atoms with van der Waals surface area (Å²) in [5, 5.41) is 2.73. The number of rotatable bonds is 5. The minimum atomic E-state index is -4.43. The zero-order valence-corrected chi connectivity index (χ0v) is 12.2. The molecule has 1 aromatic carbocycles. The fourth-order valence-corrected chi connectivity index (χ4v) is 2.30. The molecule has 0 aromatic heterocycles. The van der Waals surface area contributed by atoms with Gasteiger partial charge in [0.15, 0.2) is 6.61 Å². The van der Waals surface area contributed by atoms with Crippen LogP contribution in [0.1, 0.15) is 25.3 Å². The number of hydrogen-bond acceptors (Lipinski definition) is 3. The quantitative estimate of drug-likeness (QED) is 0.908. The summed E-state index contributed by atoms with van der Waals surface area (Å²) in [6.45, 7) is 2.18. The van der Waals surface area contributed by atoms with E-state index in [1.54, 1.807) is 0 Å². The first-order chi connectivity index (χ1) is 10.4. The van der Waals surface area contributed by atoms with Gasteiger partial charge in [-0.1, -0.05) is 6.07 Å². The van der Waals surface area contributed by atoms with Crippen LogP contribution in [0.15, 0.2) is 24.3 Å². The molecule has 22 heavy (non-hydrogen) atoms. The molecule has 2 rings (SSSR count). The number of hydrogen-bond donors (Lipinski definition) is 1. The third-order valence-electron chi connectivity index (χ3n) is 3.44. The van der Waals surface area contributed by atoms with E-state index in [0.29, 0.717) is 6.61 Å². The van der Waals surface area contributed by atoms with Crippen LogP contribution in [-0.2, 0) is 15.7 Å². The zero-order chi connectivity index (χ0) is 16.2. The van der Waals surface area contributed by atoms with Crippen molar-refractivity contribution < 1.29 is 27.4 Å². The minimum absolute atomic E-state index is 0.00902. The molecule has 0 spiro atoms. The van der Waals surface area contributed by atoms with Gasteiger partial charge in [-0.05, 0) is 38.0 Å². The van der Waals surface area contributed by atoms with Crippen LogP contribution in [0.4, 0.5) is 13.2 Å². The van der Waals surface area contributed by atoms with Crippen molar-refractivity contribution in [1.82, 2.24) is 5.32 Å². The lowest BCUT2D eigenvalue weighted by Crippen LogP contribution is -2.42. The van der Waals surface area contributed by atoms with E-state index in [4.69, 9.17) is 9.47 Å². The molecule has 0 bridgehead atoms. The van der Waals surface area contributed by atoms with Gasteiger partial charge in [-0.3, -0.25) is 4.79 Å². The second-order valence-electron chi connectivity index (χ2n) is 5.22. The van der Waals surface area contributed by atoms with Crippen LogP contribution < -0.4 is 10.1 Å². The van der Waals surface area contributed by atoms with Gasteiger partial charge in [0, 0.05) is 6.61 Å². The number of nitrogens with one attached hydrogen (secondary N) is 1. The van der Waals surface area contributed by atoms with E-state index in [0.717, 1.165) is 25.0 Å². The largest absolute Gasteiger partial charge is 0.484 e. The monoisotopic (exact) mass is 317 g/mol.